The van der Waals surface area contributed by atoms with Gasteiger partial charge < -0.3 is 19.7 Å². The van der Waals surface area contributed by atoms with Crippen molar-refractivity contribution in [2.24, 2.45) is 0 Å². The number of ether oxygens (including phenoxy) is 2. The first kappa shape index (κ1) is 18.9. The second-order valence-electron chi connectivity index (χ2n) is 7.12. The third kappa shape index (κ3) is 4.18. The third-order valence-electron chi connectivity index (χ3n) is 5.21. The lowest BCUT2D eigenvalue weighted by atomic mass is 10.1. The minimum atomic E-state index is -0.0913. The van der Waals surface area contributed by atoms with Crippen LogP contribution in [0.15, 0.2) is 42.5 Å². The van der Waals surface area contributed by atoms with E-state index in [2.05, 4.69) is 15.1 Å². The summed E-state index contributed by atoms with van der Waals surface area (Å²) in [5.41, 5.74) is 2.06. The normalized spacial score (nSPS) is 17.4. The number of nitrogens with one attached hydrogen (secondary N) is 1. The Morgan fingerprint density at radius 1 is 1.11 bits per heavy atom. The molecule has 2 aliphatic heterocycles. The maximum absolute atomic E-state index is 12.5. The van der Waals surface area contributed by atoms with E-state index in [0.717, 1.165) is 54.0 Å². The molecule has 28 heavy (non-hydrogen) atoms. The average Bonchev–Trinajstić information content (AvgIpc) is 3.17. The summed E-state index contributed by atoms with van der Waals surface area (Å²) in [6.45, 7) is 5.99. The first-order valence-electron chi connectivity index (χ1n) is 9.51. The van der Waals surface area contributed by atoms with Crippen LogP contribution in [0.5, 0.6) is 11.5 Å². The number of piperazine rings is 1. The minimum absolute atomic E-state index is 0.0244. The summed E-state index contributed by atoms with van der Waals surface area (Å²) >= 11 is 6.29. The van der Waals surface area contributed by atoms with Gasteiger partial charge in [0.25, 0.3) is 0 Å². The van der Waals surface area contributed by atoms with Gasteiger partial charge in [0.05, 0.1) is 23.3 Å². The van der Waals surface area contributed by atoms with Gasteiger partial charge in [0, 0.05) is 26.2 Å². The molecule has 0 aliphatic carbocycles. The van der Waals surface area contributed by atoms with Crippen LogP contribution >= 0.6 is 11.6 Å². The van der Waals surface area contributed by atoms with E-state index in [1.165, 1.54) is 0 Å². The number of halogens is 1. The highest BCUT2D eigenvalue weighted by atomic mass is 35.5. The monoisotopic (exact) mass is 401 g/mol. The summed E-state index contributed by atoms with van der Waals surface area (Å²) in [5, 5.41) is 3.84. The molecule has 2 aromatic rings. The average molecular weight is 402 g/mol. The van der Waals surface area contributed by atoms with Gasteiger partial charge in [-0.2, -0.15) is 0 Å². The highest BCUT2D eigenvalue weighted by molar-refractivity contribution is 6.33. The molecular weight excluding hydrogens is 378 g/mol. The molecule has 6 nitrogen and oxygen atoms in total. The van der Waals surface area contributed by atoms with Crippen LogP contribution < -0.4 is 19.7 Å². The lowest BCUT2D eigenvalue weighted by Gasteiger charge is -2.36. The number of benzene rings is 2. The van der Waals surface area contributed by atoms with Crippen LogP contribution in [0.2, 0.25) is 5.02 Å². The van der Waals surface area contributed by atoms with Gasteiger partial charge in [-0.05, 0) is 36.8 Å². The largest absolute Gasteiger partial charge is 0.454 e. The summed E-state index contributed by atoms with van der Waals surface area (Å²) in [6, 6.07) is 13.6. The second kappa shape index (κ2) is 8.29. The lowest BCUT2D eigenvalue weighted by Crippen LogP contribution is -2.49. The van der Waals surface area contributed by atoms with Crippen LogP contribution in [0.25, 0.3) is 0 Å². The Labute approximate surface area is 170 Å². The van der Waals surface area contributed by atoms with E-state index in [1.54, 1.807) is 0 Å². The summed E-state index contributed by atoms with van der Waals surface area (Å²) < 4.78 is 10.7. The highest BCUT2D eigenvalue weighted by Crippen LogP contribution is 2.34. The van der Waals surface area contributed by atoms with E-state index >= 15 is 0 Å². The third-order valence-corrected chi connectivity index (χ3v) is 5.53. The molecule has 0 unspecified atom stereocenters. The summed E-state index contributed by atoms with van der Waals surface area (Å²) in [6.07, 6.45) is 0. The van der Waals surface area contributed by atoms with Crippen molar-refractivity contribution in [2.75, 3.05) is 44.4 Å². The zero-order valence-electron chi connectivity index (χ0n) is 15.9. The van der Waals surface area contributed by atoms with Gasteiger partial charge in [-0.15, -0.1) is 0 Å². The van der Waals surface area contributed by atoms with Gasteiger partial charge in [0.15, 0.2) is 11.5 Å². The second-order valence-corrected chi connectivity index (χ2v) is 7.52. The van der Waals surface area contributed by atoms with Gasteiger partial charge in [0.1, 0.15) is 0 Å². The molecule has 0 spiro atoms. The van der Waals surface area contributed by atoms with Gasteiger partial charge in [-0.3, -0.25) is 9.69 Å². The van der Waals surface area contributed by atoms with E-state index in [0.29, 0.717) is 6.54 Å². The van der Waals surface area contributed by atoms with Crippen LogP contribution in [0, 0.1) is 0 Å². The Morgan fingerprint density at radius 3 is 2.64 bits per heavy atom. The molecule has 0 aromatic heterocycles. The molecule has 0 bridgehead atoms. The number of carbonyl (C=O) groups is 1. The Balaban J connectivity index is 1.27. The fraction of sp³-hybridized carbons (Fsp3) is 0.381. The molecule has 0 radical (unpaired) electrons. The fourth-order valence-corrected chi connectivity index (χ4v) is 3.87. The molecule has 2 aliphatic rings. The number of amides is 1. The molecule has 1 saturated heterocycles. The maximum atomic E-state index is 12.5. The van der Waals surface area contributed by atoms with Crippen molar-refractivity contribution in [1.82, 2.24) is 10.2 Å². The Morgan fingerprint density at radius 2 is 1.86 bits per heavy atom. The number of para-hydroxylation sites is 1. The molecule has 1 atom stereocenters. The van der Waals surface area contributed by atoms with Crippen LogP contribution in [0.4, 0.5) is 5.69 Å². The van der Waals surface area contributed by atoms with Gasteiger partial charge >= 0.3 is 0 Å². The SMILES string of the molecule is C[C@H](NC(=O)CN1CCN(c2ccccc2Cl)CC1)c1ccc2c(c1)OCO2. The number of hydrogen-bond acceptors (Lipinski definition) is 5. The Kier molecular flexibility index (Phi) is 5.59. The van der Waals surface area contributed by atoms with E-state index in [4.69, 9.17) is 21.1 Å². The molecular formula is C21H24ClN3O3. The molecule has 0 saturated carbocycles. The van der Waals surface area contributed by atoms with E-state index in [-0.39, 0.29) is 18.7 Å². The molecule has 1 N–H and O–H groups in total. The van der Waals surface area contributed by atoms with Crippen molar-refractivity contribution < 1.29 is 14.3 Å². The van der Waals surface area contributed by atoms with Crippen LogP contribution in [0.1, 0.15) is 18.5 Å². The molecule has 4 rings (SSSR count). The predicted molar refractivity (Wildman–Crippen MR) is 109 cm³/mol. The standard InChI is InChI=1S/C21H24ClN3O3/c1-15(16-6-7-19-20(12-16)28-14-27-19)23-21(26)13-24-8-10-25(11-9-24)18-5-3-2-4-17(18)22/h2-7,12,15H,8-11,13-14H2,1H3,(H,23,26)/t15-/m0/s1. The number of hydrogen-bond donors (Lipinski definition) is 1. The zero-order chi connectivity index (χ0) is 19.5. The molecule has 1 fully saturated rings. The minimum Gasteiger partial charge on any atom is -0.454 e. The summed E-state index contributed by atoms with van der Waals surface area (Å²) in [5.74, 6) is 1.50. The van der Waals surface area contributed by atoms with E-state index in [1.807, 2.05) is 49.4 Å². The first-order chi connectivity index (χ1) is 13.6. The Bertz CT molecular complexity index is 853. The van der Waals surface area contributed by atoms with Gasteiger partial charge in [-0.1, -0.05) is 29.8 Å². The molecule has 148 valence electrons. The van der Waals surface area contributed by atoms with Crippen molar-refractivity contribution in [3.8, 4) is 11.5 Å². The lowest BCUT2D eigenvalue weighted by molar-refractivity contribution is -0.123. The van der Waals surface area contributed by atoms with Crippen LogP contribution in [0.3, 0.4) is 0 Å². The first-order valence-corrected chi connectivity index (χ1v) is 9.89. The summed E-state index contributed by atoms with van der Waals surface area (Å²) in [4.78, 5) is 16.9. The maximum Gasteiger partial charge on any atom is 0.234 e. The molecule has 7 heteroatoms. The van der Waals surface area contributed by atoms with Crippen LogP contribution in [-0.2, 0) is 4.79 Å². The molecule has 2 aromatic carbocycles. The van der Waals surface area contributed by atoms with Crippen LogP contribution in [-0.4, -0.2) is 50.3 Å². The molecule has 1 amide bonds. The van der Waals surface area contributed by atoms with Gasteiger partial charge in [0.2, 0.25) is 12.7 Å². The topological polar surface area (TPSA) is 54.0 Å². The number of nitrogens with zero attached hydrogens (tertiary/aromatic N) is 2. The van der Waals surface area contributed by atoms with Crippen molar-refractivity contribution >= 4 is 23.2 Å². The smallest absolute Gasteiger partial charge is 0.234 e. The Hall–Kier alpha value is -2.44. The highest BCUT2D eigenvalue weighted by Gasteiger charge is 2.22. The number of fused-ring (bicyclic) bond motifs is 1. The quantitative estimate of drug-likeness (QED) is 0.834. The van der Waals surface area contributed by atoms with Crippen molar-refractivity contribution in [3.05, 3.63) is 53.1 Å². The summed E-state index contributed by atoms with van der Waals surface area (Å²) in [7, 11) is 0. The van der Waals surface area contributed by atoms with Crippen molar-refractivity contribution in [1.29, 1.82) is 0 Å². The fourth-order valence-electron chi connectivity index (χ4n) is 3.61. The number of carbonyl (C=O) groups excluding carboxylic acids is 1. The zero-order valence-corrected chi connectivity index (χ0v) is 16.6. The van der Waals surface area contributed by atoms with Gasteiger partial charge in [-0.25, -0.2) is 0 Å². The number of anilines is 1. The van der Waals surface area contributed by atoms with Crippen molar-refractivity contribution in [2.45, 2.75) is 13.0 Å². The number of rotatable bonds is 5. The predicted octanol–water partition coefficient (Wildman–Crippen LogP) is 3.07. The van der Waals surface area contributed by atoms with E-state index in [9.17, 15) is 4.79 Å². The van der Waals surface area contributed by atoms with E-state index < -0.39 is 0 Å². The van der Waals surface area contributed by atoms with Crippen molar-refractivity contribution in [3.63, 3.8) is 0 Å². The molecule has 2 heterocycles.